The third-order valence-electron chi connectivity index (χ3n) is 3.00. The number of amides is 1. The van der Waals surface area contributed by atoms with Gasteiger partial charge in [0.05, 0.1) is 12.3 Å². The second-order valence-electron chi connectivity index (χ2n) is 4.79. The van der Waals surface area contributed by atoms with E-state index in [0.717, 1.165) is 11.1 Å². The van der Waals surface area contributed by atoms with E-state index in [1.165, 1.54) is 6.21 Å². The smallest absolute Gasteiger partial charge is 0.254 e. The number of hydrogen-bond donors (Lipinski definition) is 1. The zero-order chi connectivity index (χ0) is 17.0. The van der Waals surface area contributed by atoms with Crippen molar-refractivity contribution in [3.8, 4) is 11.8 Å². The molecular weight excluding hydrogens is 302 g/mol. The first-order valence-corrected chi connectivity index (χ1v) is 7.42. The van der Waals surface area contributed by atoms with E-state index >= 15 is 0 Å². The molecule has 0 aliphatic heterocycles. The SMILES string of the molecule is N#CCC(=O)N/N=C\c1ccccc1OC/C=C/c1ccccc1. The van der Waals surface area contributed by atoms with Crippen LogP contribution < -0.4 is 10.2 Å². The van der Waals surface area contributed by atoms with E-state index in [-0.39, 0.29) is 6.42 Å². The van der Waals surface area contributed by atoms with Crippen LogP contribution in [0.5, 0.6) is 5.75 Å². The summed E-state index contributed by atoms with van der Waals surface area (Å²) in [6.45, 7) is 0.417. The average molecular weight is 319 g/mol. The molecule has 0 spiro atoms. The normalized spacial score (nSPS) is 10.6. The number of rotatable bonds is 7. The van der Waals surface area contributed by atoms with Gasteiger partial charge in [0.15, 0.2) is 0 Å². The summed E-state index contributed by atoms with van der Waals surface area (Å²) in [6.07, 6.45) is 5.18. The Labute approximate surface area is 140 Å². The molecular formula is C19H17N3O2. The Morgan fingerprint density at radius 3 is 2.71 bits per heavy atom. The minimum atomic E-state index is -0.446. The van der Waals surface area contributed by atoms with Gasteiger partial charge in [0.2, 0.25) is 0 Å². The van der Waals surface area contributed by atoms with E-state index in [1.807, 2.05) is 66.7 Å². The molecule has 5 heteroatoms. The lowest BCUT2D eigenvalue weighted by atomic mass is 10.2. The number of ether oxygens (including phenoxy) is 1. The first-order chi connectivity index (χ1) is 11.8. The lowest BCUT2D eigenvalue weighted by molar-refractivity contribution is -0.120. The summed E-state index contributed by atoms with van der Waals surface area (Å²) in [5, 5.41) is 12.2. The monoisotopic (exact) mass is 319 g/mol. The van der Waals surface area contributed by atoms with Gasteiger partial charge in [0, 0.05) is 5.56 Å². The molecule has 120 valence electrons. The molecule has 0 radical (unpaired) electrons. The zero-order valence-corrected chi connectivity index (χ0v) is 13.1. The van der Waals surface area contributed by atoms with E-state index in [0.29, 0.717) is 12.4 Å². The van der Waals surface area contributed by atoms with Crippen LogP contribution >= 0.6 is 0 Å². The first kappa shape index (κ1) is 17.0. The van der Waals surface area contributed by atoms with Crippen LogP contribution in [-0.4, -0.2) is 18.7 Å². The quantitative estimate of drug-likeness (QED) is 0.629. The number of carbonyl (C=O) groups excluding carboxylic acids is 1. The van der Waals surface area contributed by atoms with E-state index < -0.39 is 5.91 Å². The lowest BCUT2D eigenvalue weighted by Crippen LogP contribution is -2.16. The standard InChI is InChI=1S/C19H17N3O2/c20-13-12-19(23)22-21-15-17-10-4-5-11-18(17)24-14-6-9-16-7-2-1-3-8-16/h1-11,15H,12,14H2,(H,22,23)/b9-6+,21-15-. The van der Waals surface area contributed by atoms with E-state index in [4.69, 9.17) is 10.00 Å². The van der Waals surface area contributed by atoms with Gasteiger partial charge in [-0.25, -0.2) is 5.43 Å². The molecule has 0 aliphatic carbocycles. The van der Waals surface area contributed by atoms with Crippen molar-refractivity contribution in [2.75, 3.05) is 6.61 Å². The van der Waals surface area contributed by atoms with Gasteiger partial charge in [-0.1, -0.05) is 48.5 Å². The lowest BCUT2D eigenvalue weighted by Gasteiger charge is -2.06. The summed E-state index contributed by atoms with van der Waals surface area (Å²) >= 11 is 0. The highest BCUT2D eigenvalue weighted by atomic mass is 16.5. The predicted octanol–water partition coefficient (Wildman–Crippen LogP) is 3.14. The van der Waals surface area contributed by atoms with Crippen molar-refractivity contribution in [3.63, 3.8) is 0 Å². The van der Waals surface area contributed by atoms with E-state index in [9.17, 15) is 4.79 Å². The van der Waals surface area contributed by atoms with Gasteiger partial charge in [-0.05, 0) is 23.8 Å². The predicted molar refractivity (Wildman–Crippen MR) is 93.4 cm³/mol. The number of para-hydroxylation sites is 1. The Balaban J connectivity index is 1.91. The highest BCUT2D eigenvalue weighted by molar-refractivity contribution is 5.85. The maximum Gasteiger partial charge on any atom is 0.254 e. The fourth-order valence-corrected chi connectivity index (χ4v) is 1.89. The molecule has 0 saturated carbocycles. The maximum absolute atomic E-state index is 11.2. The second-order valence-corrected chi connectivity index (χ2v) is 4.79. The van der Waals surface area contributed by atoms with Crippen molar-refractivity contribution in [2.24, 2.45) is 5.10 Å². The number of carbonyl (C=O) groups is 1. The van der Waals surface area contributed by atoms with E-state index in [1.54, 1.807) is 6.07 Å². The van der Waals surface area contributed by atoms with Crippen molar-refractivity contribution in [1.82, 2.24) is 5.43 Å². The summed E-state index contributed by atoms with van der Waals surface area (Å²) in [6, 6.07) is 19.1. The minimum Gasteiger partial charge on any atom is -0.489 e. The molecule has 0 heterocycles. The summed E-state index contributed by atoms with van der Waals surface area (Å²) in [4.78, 5) is 11.2. The second kappa shape index (κ2) is 9.59. The van der Waals surface area contributed by atoms with Crippen LogP contribution in [0.25, 0.3) is 6.08 Å². The third-order valence-corrected chi connectivity index (χ3v) is 3.00. The van der Waals surface area contributed by atoms with Crippen LogP contribution in [-0.2, 0) is 4.79 Å². The van der Waals surface area contributed by atoms with Crippen molar-refractivity contribution >= 4 is 18.2 Å². The molecule has 0 unspecified atom stereocenters. The molecule has 0 saturated heterocycles. The summed E-state index contributed by atoms with van der Waals surface area (Å²) in [5.74, 6) is 0.214. The highest BCUT2D eigenvalue weighted by Gasteiger charge is 2.00. The van der Waals surface area contributed by atoms with Crippen LogP contribution in [0.2, 0.25) is 0 Å². The van der Waals surface area contributed by atoms with Gasteiger partial charge in [-0.15, -0.1) is 0 Å². The largest absolute Gasteiger partial charge is 0.489 e. The number of nitriles is 1. The zero-order valence-electron chi connectivity index (χ0n) is 13.1. The van der Waals surface area contributed by atoms with Crippen molar-refractivity contribution in [2.45, 2.75) is 6.42 Å². The van der Waals surface area contributed by atoms with Crippen LogP contribution in [0.4, 0.5) is 0 Å². The third kappa shape index (κ3) is 5.78. The molecule has 0 bridgehead atoms. The minimum absolute atomic E-state index is 0.222. The Hall–Kier alpha value is -3.39. The molecule has 1 N–H and O–H groups in total. The first-order valence-electron chi connectivity index (χ1n) is 7.42. The molecule has 0 aromatic heterocycles. The van der Waals surface area contributed by atoms with Crippen LogP contribution in [0, 0.1) is 11.3 Å². The molecule has 0 atom stereocenters. The van der Waals surface area contributed by atoms with Crippen LogP contribution in [0.3, 0.4) is 0 Å². The molecule has 0 fully saturated rings. The Bertz CT molecular complexity index is 762. The Morgan fingerprint density at radius 1 is 1.17 bits per heavy atom. The van der Waals surface area contributed by atoms with Gasteiger partial charge >= 0.3 is 0 Å². The molecule has 2 aromatic carbocycles. The van der Waals surface area contributed by atoms with Gasteiger partial charge in [0.25, 0.3) is 5.91 Å². The Morgan fingerprint density at radius 2 is 1.92 bits per heavy atom. The number of nitrogens with one attached hydrogen (secondary N) is 1. The fourth-order valence-electron chi connectivity index (χ4n) is 1.89. The van der Waals surface area contributed by atoms with Crippen molar-refractivity contribution < 1.29 is 9.53 Å². The number of hydrogen-bond acceptors (Lipinski definition) is 4. The number of hydrazone groups is 1. The van der Waals surface area contributed by atoms with Gasteiger partial charge < -0.3 is 4.74 Å². The molecule has 2 aromatic rings. The van der Waals surface area contributed by atoms with Crippen LogP contribution in [0.1, 0.15) is 17.5 Å². The average Bonchev–Trinajstić information content (AvgIpc) is 2.61. The summed E-state index contributed by atoms with van der Waals surface area (Å²) < 4.78 is 5.72. The molecule has 1 amide bonds. The van der Waals surface area contributed by atoms with E-state index in [2.05, 4.69) is 10.5 Å². The summed E-state index contributed by atoms with van der Waals surface area (Å²) in [7, 11) is 0. The van der Waals surface area contributed by atoms with Gasteiger partial charge in [-0.2, -0.15) is 10.4 Å². The van der Waals surface area contributed by atoms with Crippen LogP contribution in [0.15, 0.2) is 65.8 Å². The molecule has 24 heavy (non-hydrogen) atoms. The highest BCUT2D eigenvalue weighted by Crippen LogP contribution is 2.15. The number of nitrogens with zero attached hydrogens (tertiary/aromatic N) is 2. The fraction of sp³-hybridized carbons (Fsp3) is 0.105. The van der Waals surface area contributed by atoms with Crippen molar-refractivity contribution in [1.29, 1.82) is 5.26 Å². The topological polar surface area (TPSA) is 74.5 Å². The molecule has 5 nitrogen and oxygen atoms in total. The number of benzene rings is 2. The van der Waals surface area contributed by atoms with Gasteiger partial charge in [0.1, 0.15) is 18.8 Å². The molecule has 2 rings (SSSR count). The summed E-state index contributed by atoms with van der Waals surface area (Å²) in [5.41, 5.74) is 4.13. The maximum atomic E-state index is 11.2. The molecule has 0 aliphatic rings. The van der Waals surface area contributed by atoms with Crippen molar-refractivity contribution in [3.05, 3.63) is 71.8 Å². The van der Waals surface area contributed by atoms with Gasteiger partial charge in [-0.3, -0.25) is 4.79 Å². The Kier molecular flexibility index (Phi) is 6.78.